The van der Waals surface area contributed by atoms with E-state index >= 15 is 0 Å². The molecule has 17 heavy (non-hydrogen) atoms. The predicted molar refractivity (Wildman–Crippen MR) is 68.1 cm³/mol. The van der Waals surface area contributed by atoms with Crippen molar-refractivity contribution >= 4 is 5.91 Å². The minimum Gasteiger partial charge on any atom is -0.344 e. The number of nitrogens with one attached hydrogen (secondary N) is 1. The smallest absolute Gasteiger partial charge is 0.270 e. The van der Waals surface area contributed by atoms with Crippen LogP contribution < -0.4 is 5.32 Å². The first-order valence-corrected chi connectivity index (χ1v) is 6.40. The summed E-state index contributed by atoms with van der Waals surface area (Å²) in [5.74, 6) is 0.164. The van der Waals surface area contributed by atoms with Crippen molar-refractivity contribution in [3.05, 3.63) is 24.0 Å². The number of hydrogen-bond donors (Lipinski definition) is 1. The number of aromatic nitrogens is 1. The summed E-state index contributed by atoms with van der Waals surface area (Å²) in [5.41, 5.74) is 0.820. The van der Waals surface area contributed by atoms with Gasteiger partial charge in [-0.2, -0.15) is 0 Å². The molecule has 4 nitrogen and oxygen atoms in total. The summed E-state index contributed by atoms with van der Waals surface area (Å²) >= 11 is 0. The van der Waals surface area contributed by atoms with Crippen LogP contribution in [0.4, 0.5) is 0 Å². The zero-order valence-corrected chi connectivity index (χ0v) is 10.6. The van der Waals surface area contributed by atoms with Crippen molar-refractivity contribution < 1.29 is 4.79 Å². The molecule has 1 fully saturated rings. The molecule has 1 atom stereocenters. The summed E-state index contributed by atoms with van der Waals surface area (Å²) in [6.45, 7) is 7.65. The lowest BCUT2D eigenvalue weighted by atomic mass is 10.2. The molecule has 94 valence electrons. The number of hydrogen-bond acceptors (Lipinski definition) is 2. The van der Waals surface area contributed by atoms with Crippen molar-refractivity contribution in [1.29, 1.82) is 0 Å². The second kappa shape index (κ2) is 5.36. The molecule has 1 aromatic rings. The summed E-state index contributed by atoms with van der Waals surface area (Å²) in [4.78, 5) is 14.3. The van der Waals surface area contributed by atoms with Crippen LogP contribution in [0.1, 0.15) is 30.8 Å². The van der Waals surface area contributed by atoms with Gasteiger partial charge in [0.05, 0.1) is 0 Å². The minimum atomic E-state index is 0.164. The number of carbonyl (C=O) groups excluding carboxylic acids is 1. The zero-order chi connectivity index (χ0) is 12.3. The van der Waals surface area contributed by atoms with Crippen molar-refractivity contribution in [2.75, 3.05) is 19.6 Å². The number of aryl methyl sites for hydroxylation is 1. The molecule has 1 aliphatic rings. The molecule has 4 heteroatoms. The molecule has 2 heterocycles. The highest BCUT2D eigenvalue weighted by molar-refractivity contribution is 5.92. The average molecular weight is 235 g/mol. The van der Waals surface area contributed by atoms with Crippen LogP contribution in [0.3, 0.4) is 0 Å². The second-order valence-electron chi connectivity index (χ2n) is 4.69. The molecule has 1 amide bonds. The van der Waals surface area contributed by atoms with E-state index in [4.69, 9.17) is 0 Å². The van der Waals surface area contributed by atoms with Gasteiger partial charge in [-0.3, -0.25) is 4.79 Å². The van der Waals surface area contributed by atoms with Crippen molar-refractivity contribution in [2.45, 2.75) is 32.9 Å². The molecule has 0 aromatic carbocycles. The van der Waals surface area contributed by atoms with E-state index in [2.05, 4.69) is 23.7 Å². The van der Waals surface area contributed by atoms with E-state index in [0.717, 1.165) is 38.3 Å². The fraction of sp³-hybridized carbons (Fsp3) is 0.615. The molecule has 2 rings (SSSR count). The maximum absolute atomic E-state index is 12.4. The highest BCUT2D eigenvalue weighted by Crippen LogP contribution is 2.10. The summed E-state index contributed by atoms with van der Waals surface area (Å²) in [7, 11) is 0. The van der Waals surface area contributed by atoms with Crippen LogP contribution in [0.25, 0.3) is 0 Å². The lowest BCUT2D eigenvalue weighted by Gasteiger charge is -2.32. The second-order valence-corrected chi connectivity index (χ2v) is 4.69. The van der Waals surface area contributed by atoms with Gasteiger partial charge in [-0.25, -0.2) is 0 Å². The minimum absolute atomic E-state index is 0.164. The monoisotopic (exact) mass is 235 g/mol. The van der Waals surface area contributed by atoms with E-state index < -0.39 is 0 Å². The van der Waals surface area contributed by atoms with Gasteiger partial charge >= 0.3 is 0 Å². The summed E-state index contributed by atoms with van der Waals surface area (Å²) in [5, 5.41) is 3.35. The standard InChI is InChI=1S/C13H21N3O/c1-3-7-15-8-4-5-12(15)13(17)16-9-6-14-11(2)10-16/h4-5,8,11,14H,3,6-7,9-10H2,1-2H3/t11-/m1/s1. The van der Waals surface area contributed by atoms with E-state index in [-0.39, 0.29) is 5.91 Å². The van der Waals surface area contributed by atoms with Gasteiger partial charge < -0.3 is 14.8 Å². The highest BCUT2D eigenvalue weighted by atomic mass is 16.2. The normalized spacial score (nSPS) is 20.6. The largest absolute Gasteiger partial charge is 0.344 e. The van der Waals surface area contributed by atoms with Crippen LogP contribution in [-0.4, -0.2) is 41.1 Å². The van der Waals surface area contributed by atoms with Crippen LogP contribution in [-0.2, 0) is 6.54 Å². The number of rotatable bonds is 3. The van der Waals surface area contributed by atoms with E-state index in [1.165, 1.54) is 0 Å². The maximum Gasteiger partial charge on any atom is 0.270 e. The van der Waals surface area contributed by atoms with Gasteiger partial charge in [-0.05, 0) is 25.5 Å². The van der Waals surface area contributed by atoms with Gasteiger partial charge in [0.2, 0.25) is 0 Å². The molecular weight excluding hydrogens is 214 g/mol. The van der Waals surface area contributed by atoms with Crippen molar-refractivity contribution in [3.8, 4) is 0 Å². The lowest BCUT2D eigenvalue weighted by Crippen LogP contribution is -2.51. The number of carbonyl (C=O) groups is 1. The third kappa shape index (κ3) is 2.69. The Bertz CT molecular complexity index is 386. The zero-order valence-electron chi connectivity index (χ0n) is 10.6. The van der Waals surface area contributed by atoms with Gasteiger partial charge in [0.1, 0.15) is 5.69 Å². The summed E-state index contributed by atoms with van der Waals surface area (Å²) in [6.07, 6.45) is 3.04. The van der Waals surface area contributed by atoms with E-state index in [1.807, 2.05) is 23.2 Å². The Morgan fingerprint density at radius 3 is 3.12 bits per heavy atom. The molecule has 0 radical (unpaired) electrons. The van der Waals surface area contributed by atoms with E-state index in [9.17, 15) is 4.79 Å². The Morgan fingerprint density at radius 1 is 1.59 bits per heavy atom. The summed E-state index contributed by atoms with van der Waals surface area (Å²) in [6, 6.07) is 4.27. The molecule has 0 spiro atoms. The van der Waals surface area contributed by atoms with Crippen LogP contribution in [0, 0.1) is 0 Å². The van der Waals surface area contributed by atoms with Gasteiger partial charge in [0, 0.05) is 38.4 Å². The fourth-order valence-electron chi connectivity index (χ4n) is 2.32. The Kier molecular flexibility index (Phi) is 3.84. The molecule has 0 bridgehead atoms. The first-order chi connectivity index (χ1) is 8.22. The maximum atomic E-state index is 12.4. The molecule has 1 saturated heterocycles. The topological polar surface area (TPSA) is 37.3 Å². The fourth-order valence-corrected chi connectivity index (χ4v) is 2.32. The average Bonchev–Trinajstić information content (AvgIpc) is 2.77. The van der Waals surface area contributed by atoms with E-state index in [1.54, 1.807) is 0 Å². The van der Waals surface area contributed by atoms with Crippen LogP contribution in [0.15, 0.2) is 18.3 Å². The SMILES string of the molecule is CCCn1cccc1C(=O)N1CCN[C@H](C)C1. The van der Waals surface area contributed by atoms with Gasteiger partial charge in [0.15, 0.2) is 0 Å². The van der Waals surface area contributed by atoms with Gasteiger partial charge in [-0.1, -0.05) is 6.92 Å². The highest BCUT2D eigenvalue weighted by Gasteiger charge is 2.23. The van der Waals surface area contributed by atoms with Crippen molar-refractivity contribution in [2.24, 2.45) is 0 Å². The third-order valence-corrected chi connectivity index (χ3v) is 3.17. The number of nitrogens with zero attached hydrogens (tertiary/aromatic N) is 2. The molecule has 1 N–H and O–H groups in total. The van der Waals surface area contributed by atoms with Gasteiger partial charge in [0.25, 0.3) is 5.91 Å². The Hall–Kier alpha value is -1.29. The van der Waals surface area contributed by atoms with Gasteiger partial charge in [-0.15, -0.1) is 0 Å². The van der Waals surface area contributed by atoms with Crippen LogP contribution in [0.2, 0.25) is 0 Å². The first-order valence-electron chi connectivity index (χ1n) is 6.40. The lowest BCUT2D eigenvalue weighted by molar-refractivity contribution is 0.0698. The molecule has 0 saturated carbocycles. The summed E-state index contributed by atoms with van der Waals surface area (Å²) < 4.78 is 2.05. The molecule has 1 aliphatic heterocycles. The Labute approximate surface area is 103 Å². The Morgan fingerprint density at radius 2 is 2.41 bits per heavy atom. The third-order valence-electron chi connectivity index (χ3n) is 3.17. The quantitative estimate of drug-likeness (QED) is 0.858. The molecule has 0 aliphatic carbocycles. The number of piperazine rings is 1. The first kappa shape index (κ1) is 12.2. The molecular formula is C13H21N3O. The number of amides is 1. The molecule has 1 aromatic heterocycles. The Balaban J connectivity index is 2.10. The van der Waals surface area contributed by atoms with E-state index in [0.29, 0.717) is 6.04 Å². The van der Waals surface area contributed by atoms with Crippen LogP contribution in [0.5, 0.6) is 0 Å². The molecule has 0 unspecified atom stereocenters. The van der Waals surface area contributed by atoms with Crippen LogP contribution >= 0.6 is 0 Å². The van der Waals surface area contributed by atoms with Crippen molar-refractivity contribution in [1.82, 2.24) is 14.8 Å². The predicted octanol–water partition coefficient (Wildman–Crippen LogP) is 1.33. The van der Waals surface area contributed by atoms with Crippen molar-refractivity contribution in [3.63, 3.8) is 0 Å².